The number of carbonyl (C=O) groups is 4. The summed E-state index contributed by atoms with van der Waals surface area (Å²) in [5, 5.41) is 17.9. The van der Waals surface area contributed by atoms with E-state index in [9.17, 15) is 42.3 Å². The molecule has 43 heavy (non-hydrogen) atoms. The number of nitrogens with two attached hydrogens (primary N) is 1. The van der Waals surface area contributed by atoms with Gasteiger partial charge in [-0.3, -0.25) is 33.9 Å². The molecule has 0 saturated carbocycles. The predicted molar refractivity (Wildman–Crippen MR) is 141 cm³/mol. The first-order valence-electron chi connectivity index (χ1n) is 11.4. The number of oxime groups is 1. The largest absolute Gasteiger partial charge is 1.00 e. The van der Waals surface area contributed by atoms with Crippen molar-refractivity contribution in [3.63, 3.8) is 0 Å². The number of rotatable bonds is 12. The van der Waals surface area contributed by atoms with Gasteiger partial charge in [0.05, 0.1) is 12.0 Å². The van der Waals surface area contributed by atoms with Crippen molar-refractivity contribution in [2.45, 2.75) is 38.1 Å². The average molecular weight is 654 g/mol. The zero-order valence-corrected chi connectivity index (χ0v) is 26.5. The molecule has 1 aromatic heterocycles. The number of amides is 3. The minimum absolute atomic E-state index is 0. The monoisotopic (exact) mass is 653 g/mol. The maximum Gasteiger partial charge on any atom is 1.00 e. The van der Waals surface area contributed by atoms with Crippen molar-refractivity contribution < 1.29 is 82.5 Å². The predicted octanol–water partition coefficient (Wildman–Crippen LogP) is -3.83. The fourth-order valence-electron chi connectivity index (χ4n) is 3.32. The third-order valence-corrected chi connectivity index (χ3v) is 6.99. The molecular weight excluding hydrogens is 629 g/mol. The molecule has 3 rings (SSSR count). The van der Waals surface area contributed by atoms with E-state index < -0.39 is 62.3 Å². The number of non-ortho nitro benzene ring substituents is 1. The zero-order valence-electron chi connectivity index (χ0n) is 23.9. The molecule has 1 aromatic carbocycles. The number of nitrogens with one attached hydrogen (secondary N) is 2. The number of carbonyl (C=O) groups excluding carboxylic acids is 4. The second-order valence-corrected chi connectivity index (χ2v) is 11.0. The van der Waals surface area contributed by atoms with Gasteiger partial charge in [0.15, 0.2) is 16.9 Å². The van der Waals surface area contributed by atoms with Crippen LogP contribution >= 0.6 is 11.3 Å². The van der Waals surface area contributed by atoms with Gasteiger partial charge in [0.25, 0.3) is 23.4 Å². The summed E-state index contributed by atoms with van der Waals surface area (Å²) in [7, 11) is -4.16. The maximum absolute atomic E-state index is 13.1. The number of esters is 1. The van der Waals surface area contributed by atoms with Crippen LogP contribution in [0.2, 0.25) is 0 Å². The number of nitrogen functional groups attached to an aromatic ring is 1. The van der Waals surface area contributed by atoms with Gasteiger partial charge in [0, 0.05) is 17.5 Å². The van der Waals surface area contributed by atoms with Crippen LogP contribution in [0.1, 0.15) is 26.5 Å². The van der Waals surface area contributed by atoms with E-state index in [-0.39, 0.29) is 58.4 Å². The molecule has 0 bridgehead atoms. The molecule has 0 aliphatic carbocycles. The van der Waals surface area contributed by atoms with Crippen molar-refractivity contribution >= 4 is 61.9 Å². The second kappa shape index (κ2) is 14.2. The Hall–Kier alpha value is -3.73. The number of nitro groups is 1. The number of aromatic nitrogens is 1. The van der Waals surface area contributed by atoms with E-state index in [1.807, 2.05) is 0 Å². The minimum atomic E-state index is -5.18. The van der Waals surface area contributed by atoms with Crippen molar-refractivity contribution in [2.24, 2.45) is 5.16 Å². The number of ether oxygens (including phenoxy) is 1. The van der Waals surface area contributed by atoms with E-state index in [2.05, 4.69) is 20.3 Å². The van der Waals surface area contributed by atoms with Gasteiger partial charge in [0.2, 0.25) is 5.60 Å². The molecule has 3 amide bonds. The summed E-state index contributed by atoms with van der Waals surface area (Å²) in [6, 6.07) is 1.51. The Morgan fingerprint density at radius 1 is 1.30 bits per heavy atom. The summed E-state index contributed by atoms with van der Waals surface area (Å²) < 4.78 is 37.5. The standard InChI is InChI=1S/C21H23N7O12S2.Na.H/c1-21(2,19(32)39-8-10-4-6-11(7-5-10)28(33)34)40-25-13(12-9-41-20(22)23-12)16(29)24-14-15(17(30)26-38-3)27(18(14)31)42(35,36)37;;/h4-7,9,14-15H,8H2,1-3H3,(H2,22,23)(H,24,29)(H,26,30)(H,35,36,37);;/q;+1;-1/b25-13-;;. The molecule has 1 saturated heterocycles. The van der Waals surface area contributed by atoms with Gasteiger partial charge in [0.1, 0.15) is 18.3 Å². The van der Waals surface area contributed by atoms with Crippen molar-refractivity contribution in [2.75, 3.05) is 12.8 Å². The first-order chi connectivity index (χ1) is 19.6. The SMILES string of the molecule is CONC(=O)C1C(NC(=O)/C(=N\OC(C)(C)C(=O)OCc2ccc([N+](=O)[O-])cc2)c2csc(N)n2)C(=O)N1S(=O)(=O)O.[H-].[Na+]. The van der Waals surface area contributed by atoms with Crippen LogP contribution in [-0.2, 0) is 50.5 Å². The number of thiazole rings is 1. The average Bonchev–Trinajstić information content (AvgIpc) is 3.33. The van der Waals surface area contributed by atoms with E-state index in [4.69, 9.17) is 15.3 Å². The van der Waals surface area contributed by atoms with Gasteiger partial charge in [-0.2, -0.15) is 12.7 Å². The smallest absolute Gasteiger partial charge is 1.00 e. The summed E-state index contributed by atoms with van der Waals surface area (Å²) >= 11 is 0.902. The molecule has 1 aliphatic rings. The number of hydrogen-bond donors (Lipinski definition) is 4. The van der Waals surface area contributed by atoms with Crippen LogP contribution < -0.4 is 46.1 Å². The first kappa shape index (κ1) is 35.5. The third kappa shape index (κ3) is 8.43. The van der Waals surface area contributed by atoms with E-state index in [0.29, 0.717) is 5.56 Å². The maximum atomic E-state index is 13.1. The van der Waals surface area contributed by atoms with Gasteiger partial charge in [-0.25, -0.2) is 15.3 Å². The van der Waals surface area contributed by atoms with Gasteiger partial charge < -0.3 is 22.1 Å². The van der Waals surface area contributed by atoms with Crippen LogP contribution in [0.25, 0.3) is 0 Å². The number of hydrogen-bond acceptors (Lipinski definition) is 15. The molecule has 2 aromatic rings. The topological polar surface area (TPSA) is 272 Å². The van der Waals surface area contributed by atoms with Crippen LogP contribution in [0.15, 0.2) is 34.8 Å². The van der Waals surface area contributed by atoms with Crippen molar-refractivity contribution in [3.05, 3.63) is 51.0 Å². The molecule has 228 valence electrons. The quantitative estimate of drug-likeness (QED) is 0.0325. The first-order valence-corrected chi connectivity index (χ1v) is 13.7. The van der Waals surface area contributed by atoms with Crippen LogP contribution in [0, 0.1) is 10.1 Å². The number of anilines is 1. The van der Waals surface area contributed by atoms with E-state index in [0.717, 1.165) is 18.4 Å². The molecular formula is C21H24N7NaO12S2. The number of nitro benzene ring substituents is 1. The van der Waals surface area contributed by atoms with Gasteiger partial charge >= 0.3 is 45.8 Å². The van der Waals surface area contributed by atoms with E-state index in [1.165, 1.54) is 43.5 Å². The summed E-state index contributed by atoms with van der Waals surface area (Å²) in [5.74, 6) is -4.68. The van der Waals surface area contributed by atoms with E-state index >= 15 is 0 Å². The fraction of sp³-hybridized carbons (Fsp3) is 0.333. The molecule has 0 spiro atoms. The molecule has 22 heteroatoms. The number of nitrogens with zero attached hydrogens (tertiary/aromatic N) is 4. The van der Waals surface area contributed by atoms with Crippen molar-refractivity contribution in [1.29, 1.82) is 0 Å². The molecule has 19 nitrogen and oxygen atoms in total. The Labute approximate surface area is 270 Å². The Balaban J connectivity index is 0.00000484. The zero-order chi connectivity index (χ0) is 31.4. The molecule has 2 atom stereocenters. The molecule has 5 N–H and O–H groups in total. The fourth-order valence-corrected chi connectivity index (χ4v) is 4.72. The van der Waals surface area contributed by atoms with Gasteiger partial charge in [-0.1, -0.05) is 5.16 Å². The summed E-state index contributed by atoms with van der Waals surface area (Å²) in [5.41, 5.74) is 5.11. The Bertz CT molecular complexity index is 1550. The van der Waals surface area contributed by atoms with Gasteiger partial charge in [-0.15, -0.1) is 11.3 Å². The number of benzene rings is 1. The minimum Gasteiger partial charge on any atom is -1.00 e. The Morgan fingerprint density at radius 3 is 2.44 bits per heavy atom. The van der Waals surface area contributed by atoms with Crippen LogP contribution in [0.4, 0.5) is 10.8 Å². The van der Waals surface area contributed by atoms with Crippen LogP contribution in [0.3, 0.4) is 0 Å². The summed E-state index contributed by atoms with van der Waals surface area (Å²) in [6.45, 7) is 2.23. The number of hydroxylamine groups is 1. The molecule has 1 aliphatic heterocycles. The Kier molecular flexibility index (Phi) is 11.7. The molecule has 0 radical (unpaired) electrons. The third-order valence-electron chi connectivity index (χ3n) is 5.41. The van der Waals surface area contributed by atoms with Crippen molar-refractivity contribution in [3.8, 4) is 0 Å². The second-order valence-electron chi connectivity index (χ2n) is 8.79. The van der Waals surface area contributed by atoms with Crippen LogP contribution in [-0.4, -0.2) is 81.4 Å². The molecule has 2 unspecified atom stereocenters. The van der Waals surface area contributed by atoms with Crippen LogP contribution in [0.5, 0.6) is 0 Å². The van der Waals surface area contributed by atoms with E-state index in [1.54, 1.807) is 5.48 Å². The van der Waals surface area contributed by atoms with Gasteiger partial charge in [-0.05, 0) is 31.5 Å². The molecule has 1 fully saturated rings. The molecule has 2 heterocycles. The van der Waals surface area contributed by atoms with Crippen molar-refractivity contribution in [1.82, 2.24) is 20.1 Å². The number of β-lactam (4-membered cyclic amide) rings is 1. The summed E-state index contributed by atoms with van der Waals surface area (Å²) in [6.07, 6.45) is 0. The normalized spacial score (nSPS) is 16.8. The Morgan fingerprint density at radius 2 is 1.93 bits per heavy atom. The summed E-state index contributed by atoms with van der Waals surface area (Å²) in [4.78, 5) is 74.4.